The number of hydrogen-bond acceptors (Lipinski definition) is 4. The van der Waals surface area contributed by atoms with Crippen LogP contribution < -0.4 is 5.32 Å². The van der Waals surface area contributed by atoms with Crippen molar-refractivity contribution in [2.75, 3.05) is 0 Å². The van der Waals surface area contributed by atoms with Gasteiger partial charge in [0.2, 0.25) is 5.91 Å². The number of hydrogen-bond donors (Lipinski definition) is 2. The van der Waals surface area contributed by atoms with E-state index in [2.05, 4.69) is 20.5 Å². The minimum Gasteiger partial charge on any atom is -0.345 e. The second-order valence-corrected chi connectivity index (χ2v) is 8.93. The average molecular weight is 469 g/mol. The zero-order valence-electron chi connectivity index (χ0n) is 16.3. The summed E-state index contributed by atoms with van der Waals surface area (Å²) >= 11 is 13.7. The van der Waals surface area contributed by atoms with Crippen molar-refractivity contribution in [1.29, 1.82) is 0 Å². The number of rotatable bonds is 7. The molecule has 5 nitrogen and oxygen atoms in total. The number of carbonyl (C=O) groups is 1. The van der Waals surface area contributed by atoms with Gasteiger partial charge < -0.3 is 5.32 Å². The summed E-state index contributed by atoms with van der Waals surface area (Å²) in [4.78, 5) is 18.1. The molecule has 31 heavy (non-hydrogen) atoms. The SMILES string of the molecule is O=C(/C=C/c1cn[nH]c1-c1ccc(Cl)s1)NC(Cc1ccccn1)c1cccc(Cl)c1. The van der Waals surface area contributed by atoms with Crippen molar-refractivity contribution in [3.63, 3.8) is 0 Å². The summed E-state index contributed by atoms with van der Waals surface area (Å²) in [5.41, 5.74) is 3.42. The highest BCUT2D eigenvalue weighted by Gasteiger charge is 2.16. The Bertz CT molecular complexity index is 1200. The van der Waals surface area contributed by atoms with Crippen LogP contribution in [0.3, 0.4) is 0 Å². The minimum atomic E-state index is -0.273. The lowest BCUT2D eigenvalue weighted by Crippen LogP contribution is -2.28. The predicted octanol–water partition coefficient (Wildman–Crippen LogP) is 5.95. The van der Waals surface area contributed by atoms with E-state index in [4.69, 9.17) is 23.2 Å². The van der Waals surface area contributed by atoms with Gasteiger partial charge in [-0.15, -0.1) is 11.3 Å². The molecule has 8 heteroatoms. The fourth-order valence-corrected chi connectivity index (χ4v) is 4.42. The predicted molar refractivity (Wildman–Crippen MR) is 126 cm³/mol. The second kappa shape index (κ2) is 9.92. The molecule has 2 N–H and O–H groups in total. The Hall–Kier alpha value is -2.93. The van der Waals surface area contributed by atoms with Crippen LogP contribution in [0.25, 0.3) is 16.6 Å². The first kappa shape index (κ1) is 21.3. The molecule has 0 aliphatic carbocycles. The summed E-state index contributed by atoms with van der Waals surface area (Å²) in [5.74, 6) is -0.225. The van der Waals surface area contributed by atoms with Gasteiger partial charge in [-0.1, -0.05) is 41.4 Å². The van der Waals surface area contributed by atoms with Crippen molar-refractivity contribution in [3.05, 3.63) is 99.2 Å². The molecule has 0 bridgehead atoms. The quantitative estimate of drug-likeness (QED) is 0.329. The summed E-state index contributed by atoms with van der Waals surface area (Å²) in [5, 5.41) is 10.7. The summed E-state index contributed by atoms with van der Waals surface area (Å²) in [7, 11) is 0. The third-order valence-corrected chi connectivity index (χ3v) is 6.09. The topological polar surface area (TPSA) is 70.7 Å². The first-order chi connectivity index (χ1) is 15.1. The molecule has 0 saturated heterocycles. The highest BCUT2D eigenvalue weighted by atomic mass is 35.5. The highest BCUT2D eigenvalue weighted by molar-refractivity contribution is 7.19. The number of thiophene rings is 1. The van der Waals surface area contributed by atoms with Gasteiger partial charge in [-0.2, -0.15) is 5.10 Å². The van der Waals surface area contributed by atoms with E-state index in [-0.39, 0.29) is 11.9 Å². The molecule has 3 aromatic heterocycles. The Labute approximate surface area is 193 Å². The maximum absolute atomic E-state index is 12.7. The number of benzene rings is 1. The molecule has 1 atom stereocenters. The number of H-pyrrole nitrogens is 1. The Morgan fingerprint density at radius 2 is 2.06 bits per heavy atom. The van der Waals surface area contributed by atoms with Crippen LogP contribution in [0.2, 0.25) is 9.36 Å². The number of aromatic nitrogens is 3. The van der Waals surface area contributed by atoms with Gasteiger partial charge in [-0.3, -0.25) is 14.9 Å². The van der Waals surface area contributed by atoms with Crippen molar-refractivity contribution in [3.8, 4) is 10.6 Å². The van der Waals surface area contributed by atoms with Crippen LogP contribution in [-0.2, 0) is 11.2 Å². The maximum atomic E-state index is 12.7. The van der Waals surface area contributed by atoms with Crippen LogP contribution in [0.1, 0.15) is 22.9 Å². The fraction of sp³-hybridized carbons (Fsp3) is 0.0870. The summed E-state index contributed by atoms with van der Waals surface area (Å²) in [6.07, 6.45) is 7.20. The number of amides is 1. The van der Waals surface area contributed by atoms with E-state index in [1.54, 1.807) is 18.5 Å². The second-order valence-electron chi connectivity index (χ2n) is 6.78. The van der Waals surface area contributed by atoms with Crippen LogP contribution in [0.5, 0.6) is 0 Å². The summed E-state index contributed by atoms with van der Waals surface area (Å²) in [6.45, 7) is 0. The first-order valence-corrected chi connectivity index (χ1v) is 11.1. The van der Waals surface area contributed by atoms with Gasteiger partial charge in [0.05, 0.1) is 27.1 Å². The zero-order chi connectivity index (χ0) is 21.6. The van der Waals surface area contributed by atoms with E-state index in [1.165, 1.54) is 17.4 Å². The van der Waals surface area contributed by atoms with Crippen molar-refractivity contribution < 1.29 is 4.79 Å². The van der Waals surface area contributed by atoms with E-state index in [0.29, 0.717) is 15.8 Å². The summed E-state index contributed by atoms with van der Waals surface area (Å²) in [6, 6.07) is 16.7. The molecule has 0 fully saturated rings. The zero-order valence-corrected chi connectivity index (χ0v) is 18.6. The first-order valence-electron chi connectivity index (χ1n) is 9.51. The summed E-state index contributed by atoms with van der Waals surface area (Å²) < 4.78 is 0.691. The van der Waals surface area contributed by atoms with Gasteiger partial charge in [0, 0.05) is 35.0 Å². The van der Waals surface area contributed by atoms with E-state index in [9.17, 15) is 4.79 Å². The third kappa shape index (κ3) is 5.61. The number of carbonyl (C=O) groups excluding carboxylic acids is 1. The molecule has 1 unspecified atom stereocenters. The minimum absolute atomic E-state index is 0.225. The van der Waals surface area contributed by atoms with Gasteiger partial charge in [0.25, 0.3) is 0 Å². The molecular weight excluding hydrogens is 451 g/mol. The molecule has 0 spiro atoms. The maximum Gasteiger partial charge on any atom is 0.244 e. The Kier molecular flexibility index (Phi) is 6.82. The molecule has 0 aliphatic heterocycles. The fourth-order valence-electron chi connectivity index (χ4n) is 3.16. The molecule has 0 saturated carbocycles. The van der Waals surface area contributed by atoms with Gasteiger partial charge in [-0.25, -0.2) is 0 Å². The van der Waals surface area contributed by atoms with Crippen LogP contribution in [0.15, 0.2) is 73.1 Å². The lowest BCUT2D eigenvalue weighted by atomic mass is 10.0. The molecule has 4 rings (SSSR count). The normalized spacial score (nSPS) is 12.2. The molecule has 4 aromatic rings. The molecule has 156 valence electrons. The molecule has 0 radical (unpaired) electrons. The standard InChI is InChI=1S/C23H18Cl2N4OS/c24-17-5-3-4-15(12-17)19(13-18-6-1-2-11-26-18)28-22(30)10-7-16-14-27-29-23(16)20-8-9-21(25)31-20/h1-12,14,19H,13H2,(H,27,29)(H,28,30)/b10-7+. The monoisotopic (exact) mass is 468 g/mol. The number of pyridine rings is 1. The van der Waals surface area contributed by atoms with E-state index < -0.39 is 0 Å². The number of nitrogens with zero attached hydrogens (tertiary/aromatic N) is 2. The van der Waals surface area contributed by atoms with Gasteiger partial charge in [-0.05, 0) is 48.0 Å². The third-order valence-electron chi connectivity index (χ3n) is 4.61. The van der Waals surface area contributed by atoms with E-state index in [0.717, 1.165) is 27.4 Å². The number of aromatic amines is 1. The largest absolute Gasteiger partial charge is 0.345 e. The number of halogens is 2. The van der Waals surface area contributed by atoms with Crippen molar-refractivity contribution >= 4 is 46.5 Å². The highest BCUT2D eigenvalue weighted by Crippen LogP contribution is 2.32. The van der Waals surface area contributed by atoms with Crippen LogP contribution >= 0.6 is 34.5 Å². The van der Waals surface area contributed by atoms with Crippen molar-refractivity contribution in [1.82, 2.24) is 20.5 Å². The van der Waals surface area contributed by atoms with E-state index in [1.807, 2.05) is 54.6 Å². The van der Waals surface area contributed by atoms with Crippen LogP contribution in [0, 0.1) is 0 Å². The van der Waals surface area contributed by atoms with Crippen LogP contribution in [0.4, 0.5) is 0 Å². The number of nitrogens with one attached hydrogen (secondary N) is 2. The Morgan fingerprint density at radius 3 is 2.81 bits per heavy atom. The Balaban J connectivity index is 1.52. The lowest BCUT2D eigenvalue weighted by Gasteiger charge is -2.18. The van der Waals surface area contributed by atoms with Crippen LogP contribution in [-0.4, -0.2) is 21.1 Å². The molecule has 3 heterocycles. The van der Waals surface area contributed by atoms with Gasteiger partial charge in [0.1, 0.15) is 0 Å². The van der Waals surface area contributed by atoms with Crippen molar-refractivity contribution in [2.24, 2.45) is 0 Å². The molecule has 0 aliphatic rings. The molecular formula is C23H18Cl2N4OS. The smallest absolute Gasteiger partial charge is 0.244 e. The average Bonchev–Trinajstić information content (AvgIpc) is 3.41. The molecule has 1 aromatic carbocycles. The van der Waals surface area contributed by atoms with Gasteiger partial charge >= 0.3 is 0 Å². The van der Waals surface area contributed by atoms with Gasteiger partial charge in [0.15, 0.2) is 0 Å². The van der Waals surface area contributed by atoms with E-state index >= 15 is 0 Å². The molecule has 1 amide bonds. The lowest BCUT2D eigenvalue weighted by molar-refractivity contribution is -0.117. The van der Waals surface area contributed by atoms with Crippen molar-refractivity contribution in [2.45, 2.75) is 12.5 Å². The Morgan fingerprint density at radius 1 is 1.16 bits per heavy atom.